The largest absolute Gasteiger partial charge is 0.446 e. The van der Waals surface area contributed by atoms with E-state index in [0.717, 1.165) is 0 Å². The number of thioether (sulfide) groups is 1. The lowest BCUT2D eigenvalue weighted by Crippen LogP contribution is -2.14. The van der Waals surface area contributed by atoms with Crippen LogP contribution in [0, 0.1) is 0 Å². The highest BCUT2D eigenvalue weighted by Crippen LogP contribution is 2.40. The number of rotatable bonds is 3. The molecule has 0 aliphatic rings. The number of hydrogen-bond donors (Lipinski definition) is 1. The van der Waals surface area contributed by atoms with Crippen molar-refractivity contribution in [2.24, 2.45) is 0 Å². The van der Waals surface area contributed by atoms with Crippen molar-refractivity contribution in [2.45, 2.75) is 10.4 Å². The zero-order valence-corrected chi connectivity index (χ0v) is 12.7. The molecule has 2 aromatic rings. The summed E-state index contributed by atoms with van der Waals surface area (Å²) in [6.07, 6.45) is 1.44. The van der Waals surface area contributed by atoms with Crippen molar-refractivity contribution in [3.8, 4) is 0 Å². The van der Waals surface area contributed by atoms with Gasteiger partial charge in [-0.3, -0.25) is 4.79 Å². The number of para-hydroxylation sites is 1. The SMILES string of the molecule is O=C(Nc1ccccc1SC(F)(F)F)c1ccc(Br)cn1. The van der Waals surface area contributed by atoms with Gasteiger partial charge in [-0.05, 0) is 52.0 Å². The van der Waals surface area contributed by atoms with E-state index in [1.165, 1.54) is 30.5 Å². The molecule has 3 nitrogen and oxygen atoms in total. The third-order valence-corrected chi connectivity index (χ3v) is 3.60. The molecule has 0 saturated carbocycles. The molecule has 8 heteroatoms. The maximum Gasteiger partial charge on any atom is 0.446 e. The number of amides is 1. The van der Waals surface area contributed by atoms with Gasteiger partial charge in [-0.2, -0.15) is 13.2 Å². The lowest BCUT2D eigenvalue weighted by molar-refractivity contribution is -0.0328. The van der Waals surface area contributed by atoms with Gasteiger partial charge in [0.1, 0.15) is 5.69 Å². The summed E-state index contributed by atoms with van der Waals surface area (Å²) in [5.74, 6) is -0.572. The zero-order valence-electron chi connectivity index (χ0n) is 10.3. The fourth-order valence-electron chi connectivity index (χ4n) is 1.48. The Balaban J connectivity index is 2.19. The molecule has 2 rings (SSSR count). The number of nitrogens with zero attached hydrogens (tertiary/aromatic N) is 1. The van der Waals surface area contributed by atoms with E-state index in [4.69, 9.17) is 0 Å². The third-order valence-electron chi connectivity index (χ3n) is 2.32. The number of alkyl halides is 3. The van der Waals surface area contributed by atoms with E-state index in [1.807, 2.05) is 0 Å². The van der Waals surface area contributed by atoms with Crippen LogP contribution in [0.1, 0.15) is 10.5 Å². The van der Waals surface area contributed by atoms with Crippen LogP contribution in [0.4, 0.5) is 18.9 Å². The Hall–Kier alpha value is -1.54. The number of benzene rings is 1. The first-order valence-electron chi connectivity index (χ1n) is 5.63. The van der Waals surface area contributed by atoms with Crippen LogP contribution < -0.4 is 5.32 Å². The Labute approximate surface area is 131 Å². The molecule has 0 radical (unpaired) electrons. The summed E-state index contributed by atoms with van der Waals surface area (Å²) in [6, 6.07) is 8.82. The van der Waals surface area contributed by atoms with Crippen molar-refractivity contribution in [2.75, 3.05) is 5.32 Å². The van der Waals surface area contributed by atoms with Gasteiger partial charge in [-0.25, -0.2) is 4.98 Å². The second-order valence-electron chi connectivity index (χ2n) is 3.86. The summed E-state index contributed by atoms with van der Waals surface area (Å²) in [5.41, 5.74) is -4.21. The minimum absolute atomic E-state index is 0.0736. The molecule has 0 bridgehead atoms. The highest BCUT2D eigenvalue weighted by Gasteiger charge is 2.30. The Morgan fingerprint density at radius 2 is 1.90 bits per heavy atom. The van der Waals surface area contributed by atoms with Crippen LogP contribution in [0.15, 0.2) is 52.0 Å². The summed E-state index contributed by atoms with van der Waals surface area (Å²) >= 11 is 2.91. The Bertz CT molecular complexity index is 647. The minimum atomic E-state index is -4.42. The highest BCUT2D eigenvalue weighted by atomic mass is 79.9. The number of anilines is 1. The lowest BCUT2D eigenvalue weighted by Gasteiger charge is -2.11. The molecule has 1 N–H and O–H groups in total. The van der Waals surface area contributed by atoms with Gasteiger partial charge in [0.25, 0.3) is 5.91 Å². The van der Waals surface area contributed by atoms with Gasteiger partial charge >= 0.3 is 5.51 Å². The zero-order chi connectivity index (χ0) is 15.5. The number of carbonyl (C=O) groups excluding carboxylic acids is 1. The van der Waals surface area contributed by atoms with Gasteiger partial charge in [0.15, 0.2) is 0 Å². The lowest BCUT2D eigenvalue weighted by atomic mass is 10.3. The van der Waals surface area contributed by atoms with Crippen molar-refractivity contribution in [3.05, 3.63) is 52.8 Å². The number of halogens is 4. The van der Waals surface area contributed by atoms with E-state index >= 15 is 0 Å². The van der Waals surface area contributed by atoms with Gasteiger partial charge in [0, 0.05) is 15.6 Å². The summed E-state index contributed by atoms with van der Waals surface area (Å²) < 4.78 is 38.1. The average molecular weight is 377 g/mol. The van der Waals surface area contributed by atoms with Gasteiger partial charge < -0.3 is 5.32 Å². The Morgan fingerprint density at radius 3 is 2.52 bits per heavy atom. The molecular weight excluding hydrogens is 369 g/mol. The molecule has 1 aromatic carbocycles. The fourth-order valence-corrected chi connectivity index (χ4v) is 2.34. The second kappa shape index (κ2) is 6.48. The summed E-state index contributed by atoms with van der Waals surface area (Å²) in [4.78, 5) is 15.8. The fraction of sp³-hybridized carbons (Fsp3) is 0.0769. The average Bonchev–Trinajstić information content (AvgIpc) is 2.40. The quantitative estimate of drug-likeness (QED) is 0.788. The van der Waals surface area contributed by atoms with E-state index in [1.54, 1.807) is 12.1 Å². The first-order chi connectivity index (χ1) is 9.85. The van der Waals surface area contributed by atoms with Gasteiger partial charge in [-0.15, -0.1) is 0 Å². The number of hydrogen-bond acceptors (Lipinski definition) is 3. The Kier molecular flexibility index (Phi) is 4.89. The van der Waals surface area contributed by atoms with Crippen molar-refractivity contribution < 1.29 is 18.0 Å². The number of carbonyl (C=O) groups is 1. The molecule has 0 unspecified atom stereocenters. The Morgan fingerprint density at radius 1 is 1.19 bits per heavy atom. The molecule has 0 aliphatic carbocycles. The van der Waals surface area contributed by atoms with Crippen LogP contribution in [0.5, 0.6) is 0 Å². The smallest absolute Gasteiger partial charge is 0.320 e. The highest BCUT2D eigenvalue weighted by molar-refractivity contribution is 9.10. The first-order valence-corrected chi connectivity index (χ1v) is 7.24. The van der Waals surface area contributed by atoms with E-state index in [2.05, 4.69) is 26.2 Å². The maximum absolute atomic E-state index is 12.5. The normalized spacial score (nSPS) is 11.2. The predicted molar refractivity (Wildman–Crippen MR) is 78.2 cm³/mol. The number of aromatic nitrogens is 1. The van der Waals surface area contributed by atoms with Crippen molar-refractivity contribution >= 4 is 39.3 Å². The van der Waals surface area contributed by atoms with Crippen LogP contribution in [-0.2, 0) is 0 Å². The van der Waals surface area contributed by atoms with Gasteiger partial charge in [0.05, 0.1) is 5.69 Å². The molecule has 110 valence electrons. The summed E-state index contributed by atoms with van der Waals surface area (Å²) in [5, 5.41) is 2.43. The van der Waals surface area contributed by atoms with Crippen LogP contribution in [0.25, 0.3) is 0 Å². The van der Waals surface area contributed by atoms with Crippen LogP contribution >= 0.6 is 27.7 Å². The molecule has 0 aliphatic heterocycles. The van der Waals surface area contributed by atoms with Gasteiger partial charge in [0.2, 0.25) is 0 Å². The van der Waals surface area contributed by atoms with Crippen LogP contribution in [-0.4, -0.2) is 16.4 Å². The molecule has 1 aromatic heterocycles. The predicted octanol–water partition coefficient (Wildman–Crippen LogP) is 4.71. The number of nitrogens with one attached hydrogen (secondary N) is 1. The molecular formula is C13H8BrF3N2OS. The summed E-state index contributed by atoms with van der Waals surface area (Å²) in [7, 11) is 0. The second-order valence-corrected chi connectivity index (χ2v) is 5.88. The molecule has 1 amide bonds. The van der Waals surface area contributed by atoms with Crippen molar-refractivity contribution in [1.82, 2.24) is 4.98 Å². The van der Waals surface area contributed by atoms with E-state index < -0.39 is 11.4 Å². The molecule has 21 heavy (non-hydrogen) atoms. The topological polar surface area (TPSA) is 42.0 Å². The maximum atomic E-state index is 12.5. The van der Waals surface area contributed by atoms with E-state index in [0.29, 0.717) is 4.47 Å². The van der Waals surface area contributed by atoms with Crippen molar-refractivity contribution in [1.29, 1.82) is 0 Å². The summed E-state index contributed by atoms with van der Waals surface area (Å²) in [6.45, 7) is 0. The van der Waals surface area contributed by atoms with Gasteiger partial charge in [-0.1, -0.05) is 12.1 Å². The number of pyridine rings is 1. The minimum Gasteiger partial charge on any atom is -0.320 e. The van der Waals surface area contributed by atoms with Crippen molar-refractivity contribution in [3.63, 3.8) is 0 Å². The van der Waals surface area contributed by atoms with Crippen LogP contribution in [0.2, 0.25) is 0 Å². The van der Waals surface area contributed by atoms with E-state index in [9.17, 15) is 18.0 Å². The third kappa shape index (κ3) is 4.75. The molecule has 1 heterocycles. The van der Waals surface area contributed by atoms with Crippen LogP contribution in [0.3, 0.4) is 0 Å². The molecule has 0 saturated heterocycles. The molecule has 0 spiro atoms. The molecule has 0 atom stereocenters. The first kappa shape index (κ1) is 15.8. The molecule has 0 fully saturated rings. The standard InChI is InChI=1S/C13H8BrF3N2OS/c14-8-5-6-10(18-7-8)12(20)19-9-3-1-2-4-11(9)21-13(15,16)17/h1-7H,(H,19,20). The van der Waals surface area contributed by atoms with E-state index in [-0.39, 0.29) is 28.0 Å². The monoisotopic (exact) mass is 376 g/mol.